The Bertz CT molecular complexity index is 398. The lowest BCUT2D eigenvalue weighted by molar-refractivity contribution is -0.152. The number of hydrogen-bond acceptors (Lipinski definition) is 2. The van der Waals surface area contributed by atoms with Gasteiger partial charge in [0.15, 0.2) is 0 Å². The van der Waals surface area contributed by atoms with E-state index in [2.05, 4.69) is 0 Å². The minimum absolute atomic E-state index is 0.399. The fourth-order valence-corrected chi connectivity index (χ4v) is 2.04. The number of unbranched alkanes of at least 4 members (excludes halogenated alkanes) is 1. The van der Waals surface area contributed by atoms with Crippen LogP contribution in [0.15, 0.2) is 24.3 Å². The second kappa shape index (κ2) is 5.96. The predicted molar refractivity (Wildman–Crippen MR) is 66.6 cm³/mol. The average molecular weight is 254 g/mol. The average Bonchev–Trinajstić information content (AvgIpc) is 2.29. The molecule has 0 amide bonds. The number of halogens is 1. The third kappa shape index (κ3) is 3.29. The standard InChI is InChI=1S/C14H19FO3/c1-3-4-5-12(13(16)17)14(2,18)10-6-8-11(15)9-7-10/h6-9,12,18H,3-5H2,1-2H3,(H,16,17). The van der Waals surface area contributed by atoms with Crippen molar-refractivity contribution >= 4 is 5.97 Å². The number of rotatable bonds is 6. The molecule has 1 aromatic carbocycles. The van der Waals surface area contributed by atoms with Crippen molar-refractivity contribution < 1.29 is 19.4 Å². The van der Waals surface area contributed by atoms with Crippen LogP contribution in [-0.2, 0) is 10.4 Å². The first-order valence-electron chi connectivity index (χ1n) is 6.10. The molecular formula is C14H19FO3. The van der Waals surface area contributed by atoms with Crippen LogP contribution < -0.4 is 0 Å². The molecule has 1 rings (SSSR count). The molecule has 0 heterocycles. The van der Waals surface area contributed by atoms with Crippen LogP contribution in [0, 0.1) is 11.7 Å². The van der Waals surface area contributed by atoms with Gasteiger partial charge in [-0.2, -0.15) is 0 Å². The van der Waals surface area contributed by atoms with Gasteiger partial charge in [0, 0.05) is 0 Å². The highest BCUT2D eigenvalue weighted by atomic mass is 19.1. The molecule has 18 heavy (non-hydrogen) atoms. The van der Waals surface area contributed by atoms with E-state index in [1.807, 2.05) is 6.92 Å². The van der Waals surface area contributed by atoms with Crippen molar-refractivity contribution in [2.75, 3.05) is 0 Å². The van der Waals surface area contributed by atoms with Gasteiger partial charge in [0.1, 0.15) is 11.4 Å². The van der Waals surface area contributed by atoms with E-state index in [1.165, 1.54) is 31.2 Å². The summed E-state index contributed by atoms with van der Waals surface area (Å²) in [7, 11) is 0. The van der Waals surface area contributed by atoms with Gasteiger partial charge in [0.25, 0.3) is 0 Å². The third-order valence-corrected chi connectivity index (χ3v) is 3.25. The van der Waals surface area contributed by atoms with Gasteiger partial charge < -0.3 is 10.2 Å². The zero-order chi connectivity index (χ0) is 13.8. The molecule has 0 aliphatic rings. The monoisotopic (exact) mass is 254 g/mol. The second-order valence-electron chi connectivity index (χ2n) is 4.69. The first-order valence-corrected chi connectivity index (χ1v) is 6.10. The molecule has 0 radical (unpaired) electrons. The summed E-state index contributed by atoms with van der Waals surface area (Å²) < 4.78 is 12.8. The number of hydrogen-bond donors (Lipinski definition) is 2. The Labute approximate surface area is 106 Å². The summed E-state index contributed by atoms with van der Waals surface area (Å²) in [5.41, 5.74) is -1.07. The quantitative estimate of drug-likeness (QED) is 0.820. The first kappa shape index (κ1) is 14.6. The molecule has 3 nitrogen and oxygen atoms in total. The minimum atomic E-state index is -1.49. The van der Waals surface area contributed by atoms with Crippen molar-refractivity contribution in [2.24, 2.45) is 5.92 Å². The van der Waals surface area contributed by atoms with Gasteiger partial charge in [-0.05, 0) is 31.0 Å². The Balaban J connectivity index is 3.00. The van der Waals surface area contributed by atoms with Gasteiger partial charge >= 0.3 is 5.97 Å². The van der Waals surface area contributed by atoms with Gasteiger partial charge in [-0.15, -0.1) is 0 Å². The zero-order valence-corrected chi connectivity index (χ0v) is 10.7. The third-order valence-electron chi connectivity index (χ3n) is 3.25. The maximum atomic E-state index is 12.8. The van der Waals surface area contributed by atoms with E-state index in [-0.39, 0.29) is 0 Å². The molecular weight excluding hydrogens is 235 g/mol. The lowest BCUT2D eigenvalue weighted by Crippen LogP contribution is -2.37. The SMILES string of the molecule is CCCCC(C(=O)O)C(C)(O)c1ccc(F)cc1. The molecule has 2 unspecified atom stereocenters. The number of aliphatic hydroxyl groups is 1. The van der Waals surface area contributed by atoms with Crippen LogP contribution in [-0.4, -0.2) is 16.2 Å². The molecule has 4 heteroatoms. The van der Waals surface area contributed by atoms with Crippen LogP contribution in [0.1, 0.15) is 38.7 Å². The second-order valence-corrected chi connectivity index (χ2v) is 4.69. The number of carboxylic acids is 1. The molecule has 0 saturated heterocycles. The van der Waals surface area contributed by atoms with Crippen LogP contribution in [0.3, 0.4) is 0 Å². The van der Waals surface area contributed by atoms with E-state index in [0.29, 0.717) is 12.0 Å². The van der Waals surface area contributed by atoms with E-state index in [4.69, 9.17) is 0 Å². The number of aliphatic carboxylic acids is 1. The van der Waals surface area contributed by atoms with Gasteiger partial charge in [0.05, 0.1) is 5.92 Å². The highest BCUT2D eigenvalue weighted by Gasteiger charge is 2.38. The maximum Gasteiger partial charge on any atom is 0.309 e. The molecule has 0 aromatic heterocycles. The van der Waals surface area contributed by atoms with Crippen LogP contribution in [0.2, 0.25) is 0 Å². The number of benzene rings is 1. The first-order chi connectivity index (χ1) is 8.39. The smallest absolute Gasteiger partial charge is 0.309 e. The fourth-order valence-electron chi connectivity index (χ4n) is 2.04. The minimum Gasteiger partial charge on any atom is -0.481 e. The van der Waals surface area contributed by atoms with E-state index in [9.17, 15) is 19.4 Å². The van der Waals surface area contributed by atoms with Crippen LogP contribution in [0.5, 0.6) is 0 Å². The lowest BCUT2D eigenvalue weighted by Gasteiger charge is -2.30. The van der Waals surface area contributed by atoms with Gasteiger partial charge in [-0.1, -0.05) is 31.9 Å². The van der Waals surface area contributed by atoms with Crippen LogP contribution in [0.4, 0.5) is 4.39 Å². The van der Waals surface area contributed by atoms with E-state index >= 15 is 0 Å². The van der Waals surface area contributed by atoms with Gasteiger partial charge in [-0.25, -0.2) is 4.39 Å². The van der Waals surface area contributed by atoms with E-state index in [1.54, 1.807) is 0 Å². The Morgan fingerprint density at radius 2 is 1.94 bits per heavy atom. The van der Waals surface area contributed by atoms with E-state index < -0.39 is 23.3 Å². The Hall–Kier alpha value is -1.42. The molecule has 0 aliphatic heterocycles. The zero-order valence-electron chi connectivity index (χ0n) is 10.7. The summed E-state index contributed by atoms with van der Waals surface area (Å²) in [4.78, 5) is 11.3. The van der Waals surface area contributed by atoms with Crippen molar-refractivity contribution in [3.05, 3.63) is 35.6 Å². The molecule has 0 aliphatic carbocycles. The molecule has 100 valence electrons. The molecule has 2 N–H and O–H groups in total. The Kier molecular flexibility index (Phi) is 4.84. The molecule has 0 saturated carbocycles. The van der Waals surface area contributed by atoms with Crippen molar-refractivity contribution in [1.82, 2.24) is 0 Å². The van der Waals surface area contributed by atoms with E-state index in [0.717, 1.165) is 12.8 Å². The summed E-state index contributed by atoms with van der Waals surface area (Å²) in [6.45, 7) is 3.43. The Morgan fingerprint density at radius 1 is 1.39 bits per heavy atom. The van der Waals surface area contributed by atoms with Crippen molar-refractivity contribution in [3.8, 4) is 0 Å². The number of carbonyl (C=O) groups is 1. The summed E-state index contributed by atoms with van der Waals surface area (Å²) in [6.07, 6.45) is 1.99. The molecule has 0 spiro atoms. The Morgan fingerprint density at radius 3 is 2.39 bits per heavy atom. The number of carboxylic acid groups (broad SMARTS) is 1. The fraction of sp³-hybridized carbons (Fsp3) is 0.500. The normalized spacial score (nSPS) is 16.0. The van der Waals surface area contributed by atoms with Crippen molar-refractivity contribution in [2.45, 2.75) is 38.7 Å². The highest BCUT2D eigenvalue weighted by molar-refractivity contribution is 5.71. The molecule has 0 fully saturated rings. The lowest BCUT2D eigenvalue weighted by atomic mass is 9.80. The van der Waals surface area contributed by atoms with Crippen molar-refractivity contribution in [3.63, 3.8) is 0 Å². The van der Waals surface area contributed by atoms with Crippen molar-refractivity contribution in [1.29, 1.82) is 0 Å². The highest BCUT2D eigenvalue weighted by Crippen LogP contribution is 2.33. The topological polar surface area (TPSA) is 57.5 Å². The molecule has 0 bridgehead atoms. The van der Waals surface area contributed by atoms with Gasteiger partial charge in [-0.3, -0.25) is 4.79 Å². The predicted octanol–water partition coefficient (Wildman–Crippen LogP) is 2.92. The van der Waals surface area contributed by atoms with Gasteiger partial charge in [0.2, 0.25) is 0 Å². The molecule has 2 atom stereocenters. The van der Waals surface area contributed by atoms with Crippen LogP contribution in [0.25, 0.3) is 0 Å². The summed E-state index contributed by atoms with van der Waals surface area (Å²) in [5.74, 6) is -2.32. The largest absolute Gasteiger partial charge is 0.481 e. The molecule has 1 aromatic rings. The summed E-state index contributed by atoms with van der Waals surface area (Å²) in [5, 5.41) is 19.6. The van der Waals surface area contributed by atoms with Crippen LogP contribution >= 0.6 is 0 Å². The maximum absolute atomic E-state index is 12.8. The summed E-state index contributed by atoms with van der Waals surface area (Å²) in [6, 6.07) is 5.31. The summed E-state index contributed by atoms with van der Waals surface area (Å²) >= 11 is 0.